The molecule has 0 aromatic heterocycles. The second-order valence-corrected chi connectivity index (χ2v) is 5.17. The van der Waals surface area contributed by atoms with E-state index in [1.165, 1.54) is 19.4 Å². The van der Waals surface area contributed by atoms with Crippen molar-refractivity contribution in [2.24, 2.45) is 5.10 Å². The van der Waals surface area contributed by atoms with Crippen LogP contribution in [0, 0.1) is 10.1 Å². The number of hydrazone groups is 1. The summed E-state index contributed by atoms with van der Waals surface area (Å²) in [5.41, 5.74) is 2.95. The van der Waals surface area contributed by atoms with Gasteiger partial charge in [0.1, 0.15) is 0 Å². The number of nitro groups is 1. The topological polar surface area (TPSA) is 98.0 Å². The van der Waals surface area contributed by atoms with Gasteiger partial charge in [-0.25, -0.2) is 0 Å². The maximum Gasteiger partial charge on any atom is 0.315 e. The van der Waals surface area contributed by atoms with Crippen molar-refractivity contribution < 1.29 is 14.4 Å². The normalized spacial score (nSPS) is 10.5. The summed E-state index contributed by atoms with van der Waals surface area (Å²) in [5.74, 6) is 0.417. The lowest BCUT2D eigenvalue weighted by molar-refractivity contribution is -0.386. The van der Waals surface area contributed by atoms with E-state index in [9.17, 15) is 10.1 Å². The van der Waals surface area contributed by atoms with E-state index in [2.05, 4.69) is 15.8 Å². The third-order valence-corrected chi connectivity index (χ3v) is 3.17. The number of hydrogen-bond acceptors (Lipinski definition) is 6. The molecule has 0 saturated heterocycles. The van der Waals surface area contributed by atoms with Crippen LogP contribution in [0.3, 0.4) is 0 Å². The average Bonchev–Trinajstić information content (AvgIpc) is 2.55. The lowest BCUT2D eigenvalue weighted by atomic mass is 10.2. The maximum atomic E-state index is 11.3. The number of rotatable bonds is 9. The van der Waals surface area contributed by atoms with E-state index in [-0.39, 0.29) is 17.2 Å². The third kappa shape index (κ3) is 5.99. The summed E-state index contributed by atoms with van der Waals surface area (Å²) in [7, 11) is 1.44. The quantitative estimate of drug-likeness (QED) is 0.231. The average molecular weight is 354 g/mol. The summed E-state index contributed by atoms with van der Waals surface area (Å²) in [5, 5.41) is 18.5. The molecule has 132 valence electrons. The number of nitro benzene ring substituents is 1. The van der Waals surface area contributed by atoms with E-state index < -0.39 is 4.92 Å². The highest BCUT2D eigenvalue weighted by Crippen LogP contribution is 2.38. The summed E-state index contributed by atoms with van der Waals surface area (Å²) in [6.45, 7) is 4.98. The minimum absolute atomic E-state index is 0.129. The predicted molar refractivity (Wildman–Crippen MR) is 97.1 cm³/mol. The Morgan fingerprint density at radius 2 is 2.21 bits per heavy atom. The fraction of sp³-hybridized carbons (Fsp3) is 0.467. The molecular weight excluding hydrogens is 332 g/mol. The highest BCUT2D eigenvalue weighted by atomic mass is 32.1. The van der Waals surface area contributed by atoms with Crippen LogP contribution in [0.4, 0.5) is 5.69 Å². The minimum Gasteiger partial charge on any atom is -0.493 e. The lowest BCUT2D eigenvalue weighted by Gasteiger charge is -2.11. The molecule has 1 rings (SSSR count). The zero-order chi connectivity index (χ0) is 17.9. The molecule has 8 nitrogen and oxygen atoms in total. The highest BCUT2D eigenvalue weighted by Gasteiger charge is 2.21. The number of thiocarbonyl (C=S) groups is 1. The molecule has 0 aliphatic carbocycles. The molecule has 0 amide bonds. The van der Waals surface area contributed by atoms with E-state index in [1.807, 2.05) is 13.8 Å². The third-order valence-electron chi connectivity index (χ3n) is 2.94. The van der Waals surface area contributed by atoms with Gasteiger partial charge in [0, 0.05) is 18.2 Å². The number of ether oxygens (including phenoxy) is 2. The fourth-order valence-electron chi connectivity index (χ4n) is 1.80. The minimum atomic E-state index is -0.502. The Balaban J connectivity index is 3.03. The first-order valence-electron chi connectivity index (χ1n) is 7.59. The van der Waals surface area contributed by atoms with Gasteiger partial charge in [-0.3, -0.25) is 15.5 Å². The molecule has 2 N–H and O–H groups in total. The van der Waals surface area contributed by atoms with Crippen molar-refractivity contribution in [1.29, 1.82) is 0 Å². The van der Waals surface area contributed by atoms with Crippen molar-refractivity contribution in [3.8, 4) is 11.5 Å². The first-order chi connectivity index (χ1) is 11.5. The van der Waals surface area contributed by atoms with Gasteiger partial charge in [0.25, 0.3) is 0 Å². The number of methoxy groups -OCH3 is 1. The Bertz CT molecular complexity index is 607. The van der Waals surface area contributed by atoms with Crippen molar-refractivity contribution in [1.82, 2.24) is 10.7 Å². The predicted octanol–water partition coefficient (Wildman–Crippen LogP) is 2.60. The largest absolute Gasteiger partial charge is 0.493 e. The van der Waals surface area contributed by atoms with E-state index in [0.29, 0.717) is 23.8 Å². The van der Waals surface area contributed by atoms with Gasteiger partial charge < -0.3 is 14.8 Å². The van der Waals surface area contributed by atoms with Crippen molar-refractivity contribution in [2.75, 3.05) is 20.3 Å². The monoisotopic (exact) mass is 354 g/mol. The molecule has 9 heteroatoms. The molecule has 1 aromatic carbocycles. The molecule has 0 bridgehead atoms. The summed E-state index contributed by atoms with van der Waals surface area (Å²) < 4.78 is 10.8. The van der Waals surface area contributed by atoms with Gasteiger partial charge in [-0.15, -0.1) is 0 Å². The van der Waals surface area contributed by atoms with E-state index in [0.717, 1.165) is 12.8 Å². The van der Waals surface area contributed by atoms with Gasteiger partial charge in [0.05, 0.1) is 24.9 Å². The van der Waals surface area contributed by atoms with E-state index >= 15 is 0 Å². The number of nitrogens with zero attached hydrogens (tertiary/aromatic N) is 2. The first kappa shape index (κ1) is 19.6. The Morgan fingerprint density at radius 3 is 2.79 bits per heavy atom. The van der Waals surface area contributed by atoms with Crippen molar-refractivity contribution in [3.05, 3.63) is 27.8 Å². The fourth-order valence-corrected chi connectivity index (χ4v) is 2.00. The van der Waals surface area contributed by atoms with Gasteiger partial charge in [-0.2, -0.15) is 5.10 Å². The van der Waals surface area contributed by atoms with Crippen LogP contribution in [0.5, 0.6) is 11.5 Å². The maximum absolute atomic E-state index is 11.3. The van der Waals surface area contributed by atoms with Crippen LogP contribution < -0.4 is 20.2 Å². The van der Waals surface area contributed by atoms with Crippen LogP contribution in [0.15, 0.2) is 17.2 Å². The summed E-state index contributed by atoms with van der Waals surface area (Å²) in [6, 6.07) is 3.00. The summed E-state index contributed by atoms with van der Waals surface area (Å²) >= 11 is 4.98. The molecule has 0 aliphatic heterocycles. The number of hydrogen-bond donors (Lipinski definition) is 2. The number of nitrogens with one attached hydrogen (secondary N) is 2. The second-order valence-electron chi connectivity index (χ2n) is 4.76. The molecule has 0 spiro atoms. The lowest BCUT2D eigenvalue weighted by Crippen LogP contribution is -2.31. The zero-order valence-electron chi connectivity index (χ0n) is 14.0. The van der Waals surface area contributed by atoms with Gasteiger partial charge in [-0.1, -0.05) is 13.3 Å². The Kier molecular flexibility index (Phi) is 8.48. The molecule has 0 radical (unpaired) electrons. The molecule has 1 aromatic rings. The Labute approximate surface area is 146 Å². The standard InChI is InChI=1S/C15H22N4O4S/c1-4-6-7-23-14-12(19(20)21)8-11(9-13(14)22-3)10-17-18-15(24)16-5-2/h8-10H,4-7H2,1-3H3,(H2,16,18,24)/b17-10+. The SMILES string of the molecule is CCCCOc1c(OC)cc(/C=N/NC(=S)NCC)cc1[N+](=O)[O-]. The molecule has 0 atom stereocenters. The summed E-state index contributed by atoms with van der Waals surface area (Å²) in [6.07, 6.45) is 3.16. The van der Waals surface area contributed by atoms with Crippen molar-refractivity contribution in [2.45, 2.75) is 26.7 Å². The van der Waals surface area contributed by atoms with Crippen molar-refractivity contribution in [3.63, 3.8) is 0 Å². The van der Waals surface area contributed by atoms with Gasteiger partial charge in [-0.05, 0) is 31.6 Å². The Morgan fingerprint density at radius 1 is 1.46 bits per heavy atom. The molecule has 0 unspecified atom stereocenters. The van der Waals surface area contributed by atoms with Crippen LogP contribution in [-0.2, 0) is 0 Å². The van der Waals surface area contributed by atoms with Gasteiger partial charge in [0.15, 0.2) is 10.9 Å². The van der Waals surface area contributed by atoms with Crippen LogP contribution in [-0.4, -0.2) is 36.5 Å². The highest BCUT2D eigenvalue weighted by molar-refractivity contribution is 7.80. The number of benzene rings is 1. The Hall–Kier alpha value is -2.42. The van der Waals surface area contributed by atoms with Crippen LogP contribution in [0.1, 0.15) is 32.3 Å². The first-order valence-corrected chi connectivity index (χ1v) is 8.00. The summed E-state index contributed by atoms with van der Waals surface area (Å²) in [4.78, 5) is 10.8. The molecule has 24 heavy (non-hydrogen) atoms. The molecule has 0 fully saturated rings. The number of unbranched alkanes of at least 4 members (excludes halogenated alkanes) is 1. The molecule has 0 saturated carbocycles. The molecule has 0 aliphatic rings. The van der Waals surface area contributed by atoms with E-state index in [1.54, 1.807) is 6.07 Å². The second kappa shape index (κ2) is 10.4. The van der Waals surface area contributed by atoms with Crippen molar-refractivity contribution >= 4 is 29.2 Å². The van der Waals surface area contributed by atoms with E-state index in [4.69, 9.17) is 21.7 Å². The van der Waals surface area contributed by atoms with Crippen LogP contribution in [0.25, 0.3) is 0 Å². The van der Waals surface area contributed by atoms with Crippen LogP contribution in [0.2, 0.25) is 0 Å². The smallest absolute Gasteiger partial charge is 0.315 e. The van der Waals surface area contributed by atoms with Gasteiger partial charge >= 0.3 is 5.69 Å². The van der Waals surface area contributed by atoms with Gasteiger partial charge in [0.2, 0.25) is 5.75 Å². The molecular formula is C15H22N4O4S. The zero-order valence-corrected chi connectivity index (χ0v) is 14.8. The molecule has 0 heterocycles. The van der Waals surface area contributed by atoms with Crippen LogP contribution >= 0.6 is 12.2 Å².